The first-order chi connectivity index (χ1) is 8.76. The number of nitrogens with zero attached hydrogens (tertiary/aromatic N) is 1. The summed E-state index contributed by atoms with van der Waals surface area (Å²) in [5.74, 6) is 0. The summed E-state index contributed by atoms with van der Waals surface area (Å²) in [6.45, 7) is 13.8. The monoisotopic (exact) mass is 270 g/mol. The fraction of sp³-hybridized carbons (Fsp3) is 0.933. The van der Waals surface area contributed by atoms with E-state index in [9.17, 15) is 4.79 Å². The van der Waals surface area contributed by atoms with Gasteiger partial charge in [0, 0.05) is 13.1 Å². The van der Waals surface area contributed by atoms with E-state index < -0.39 is 5.60 Å². The SMILES string of the molecule is CCCN(CC1(C)CCNCC1)C(=O)OC(C)(C)C. The van der Waals surface area contributed by atoms with Crippen LogP contribution < -0.4 is 5.32 Å². The van der Waals surface area contributed by atoms with E-state index in [0.717, 1.165) is 45.4 Å². The van der Waals surface area contributed by atoms with Crippen LogP contribution in [0, 0.1) is 5.41 Å². The first-order valence-electron chi connectivity index (χ1n) is 7.44. The van der Waals surface area contributed by atoms with E-state index in [-0.39, 0.29) is 11.5 Å². The standard InChI is InChI=1S/C15H30N2O2/c1-6-11-17(13(18)19-14(2,3)4)12-15(5)7-9-16-10-8-15/h16H,6-12H2,1-5H3. The molecule has 0 unspecified atom stereocenters. The zero-order chi connectivity index (χ0) is 14.5. The Morgan fingerprint density at radius 3 is 2.37 bits per heavy atom. The molecule has 19 heavy (non-hydrogen) atoms. The highest BCUT2D eigenvalue weighted by atomic mass is 16.6. The molecule has 1 aliphatic heterocycles. The van der Waals surface area contributed by atoms with Gasteiger partial charge in [0.25, 0.3) is 0 Å². The molecule has 1 amide bonds. The predicted molar refractivity (Wildman–Crippen MR) is 78.3 cm³/mol. The molecule has 1 aliphatic rings. The zero-order valence-corrected chi connectivity index (χ0v) is 13.2. The molecule has 4 heteroatoms. The third-order valence-corrected chi connectivity index (χ3v) is 3.53. The number of hydrogen-bond acceptors (Lipinski definition) is 3. The van der Waals surface area contributed by atoms with Crippen molar-refractivity contribution in [3.05, 3.63) is 0 Å². The van der Waals surface area contributed by atoms with Crippen molar-refractivity contribution in [3.8, 4) is 0 Å². The van der Waals surface area contributed by atoms with Crippen molar-refractivity contribution >= 4 is 6.09 Å². The molecule has 1 rings (SSSR count). The smallest absolute Gasteiger partial charge is 0.410 e. The van der Waals surface area contributed by atoms with Crippen LogP contribution in [0.3, 0.4) is 0 Å². The predicted octanol–water partition coefficient (Wildman–Crippen LogP) is 3.02. The Labute approximate surface area is 117 Å². The lowest BCUT2D eigenvalue weighted by Gasteiger charge is -2.39. The van der Waals surface area contributed by atoms with E-state index in [0.29, 0.717) is 0 Å². The number of amides is 1. The first-order valence-corrected chi connectivity index (χ1v) is 7.44. The van der Waals surface area contributed by atoms with Crippen LogP contribution in [0.15, 0.2) is 0 Å². The van der Waals surface area contributed by atoms with Gasteiger partial charge >= 0.3 is 6.09 Å². The highest BCUT2D eigenvalue weighted by molar-refractivity contribution is 5.68. The first kappa shape index (κ1) is 16.3. The molecular weight excluding hydrogens is 240 g/mol. The Morgan fingerprint density at radius 1 is 1.32 bits per heavy atom. The number of hydrogen-bond donors (Lipinski definition) is 1. The van der Waals surface area contributed by atoms with Crippen LogP contribution in [-0.2, 0) is 4.74 Å². The van der Waals surface area contributed by atoms with Crippen molar-refractivity contribution in [2.45, 2.75) is 59.5 Å². The molecule has 0 aromatic heterocycles. The Kier molecular flexibility index (Phi) is 5.65. The van der Waals surface area contributed by atoms with Crippen molar-refractivity contribution in [1.82, 2.24) is 10.2 Å². The molecule has 0 aromatic rings. The summed E-state index contributed by atoms with van der Waals surface area (Å²) in [6.07, 6.45) is 3.04. The summed E-state index contributed by atoms with van der Waals surface area (Å²) in [7, 11) is 0. The lowest BCUT2D eigenvalue weighted by atomic mass is 9.80. The van der Waals surface area contributed by atoms with E-state index in [1.807, 2.05) is 25.7 Å². The molecule has 112 valence electrons. The van der Waals surface area contributed by atoms with Gasteiger partial charge < -0.3 is 15.0 Å². The minimum absolute atomic E-state index is 0.172. The van der Waals surface area contributed by atoms with Gasteiger partial charge in [0.15, 0.2) is 0 Å². The van der Waals surface area contributed by atoms with Gasteiger partial charge in [-0.1, -0.05) is 13.8 Å². The third kappa shape index (κ3) is 5.81. The van der Waals surface area contributed by atoms with E-state index >= 15 is 0 Å². The molecule has 0 atom stereocenters. The lowest BCUT2D eigenvalue weighted by molar-refractivity contribution is 0.0139. The average Bonchev–Trinajstić information content (AvgIpc) is 2.27. The molecule has 1 fully saturated rings. The number of nitrogens with one attached hydrogen (secondary N) is 1. The topological polar surface area (TPSA) is 41.6 Å². The minimum Gasteiger partial charge on any atom is -0.444 e. The molecule has 0 saturated carbocycles. The molecule has 1 saturated heterocycles. The lowest BCUT2D eigenvalue weighted by Crippen LogP contribution is -2.46. The summed E-state index contributed by atoms with van der Waals surface area (Å²) < 4.78 is 5.51. The fourth-order valence-electron chi connectivity index (χ4n) is 2.48. The number of carbonyl (C=O) groups excluding carboxylic acids is 1. The Hall–Kier alpha value is -0.770. The summed E-state index contributed by atoms with van der Waals surface area (Å²) >= 11 is 0. The van der Waals surface area contributed by atoms with Crippen LogP contribution in [0.5, 0.6) is 0 Å². The van der Waals surface area contributed by atoms with Crippen LogP contribution in [-0.4, -0.2) is 42.8 Å². The second kappa shape index (κ2) is 6.60. The number of rotatable bonds is 4. The van der Waals surface area contributed by atoms with Crippen molar-refractivity contribution in [1.29, 1.82) is 0 Å². The van der Waals surface area contributed by atoms with Crippen LogP contribution in [0.2, 0.25) is 0 Å². The Bertz CT molecular complexity index is 291. The minimum atomic E-state index is -0.419. The largest absolute Gasteiger partial charge is 0.444 e. The molecule has 0 radical (unpaired) electrons. The number of carbonyl (C=O) groups is 1. The summed E-state index contributed by atoms with van der Waals surface area (Å²) in [4.78, 5) is 14.1. The molecule has 0 aromatic carbocycles. The Morgan fingerprint density at radius 2 is 1.89 bits per heavy atom. The fourth-order valence-corrected chi connectivity index (χ4v) is 2.48. The maximum absolute atomic E-state index is 12.3. The van der Waals surface area contributed by atoms with Gasteiger partial charge in [0.2, 0.25) is 0 Å². The van der Waals surface area contributed by atoms with Gasteiger partial charge in [0.05, 0.1) is 0 Å². The van der Waals surface area contributed by atoms with Gasteiger partial charge in [-0.25, -0.2) is 4.79 Å². The quantitative estimate of drug-likeness (QED) is 0.853. The van der Waals surface area contributed by atoms with Gasteiger partial charge in [0.1, 0.15) is 5.60 Å². The van der Waals surface area contributed by atoms with E-state index in [1.54, 1.807) is 0 Å². The highest BCUT2D eigenvalue weighted by Crippen LogP contribution is 2.29. The molecule has 0 bridgehead atoms. The van der Waals surface area contributed by atoms with E-state index in [1.165, 1.54) is 0 Å². The van der Waals surface area contributed by atoms with Crippen LogP contribution in [0.25, 0.3) is 0 Å². The second-order valence-electron chi connectivity index (χ2n) is 6.96. The molecule has 0 spiro atoms. The summed E-state index contributed by atoms with van der Waals surface area (Å²) in [5.41, 5.74) is -0.199. The number of ether oxygens (including phenoxy) is 1. The average molecular weight is 270 g/mol. The normalized spacial score (nSPS) is 19.0. The Balaban J connectivity index is 2.63. The van der Waals surface area contributed by atoms with Gasteiger partial charge in [-0.2, -0.15) is 0 Å². The molecule has 4 nitrogen and oxygen atoms in total. The van der Waals surface area contributed by atoms with Crippen LogP contribution in [0.1, 0.15) is 53.9 Å². The van der Waals surface area contributed by atoms with E-state index in [4.69, 9.17) is 4.74 Å². The molecule has 1 N–H and O–H groups in total. The third-order valence-electron chi connectivity index (χ3n) is 3.53. The van der Waals surface area contributed by atoms with Crippen molar-refractivity contribution in [2.75, 3.05) is 26.2 Å². The van der Waals surface area contributed by atoms with Crippen molar-refractivity contribution < 1.29 is 9.53 Å². The zero-order valence-electron chi connectivity index (χ0n) is 13.2. The van der Waals surface area contributed by atoms with Gasteiger partial charge in [-0.15, -0.1) is 0 Å². The number of piperidine rings is 1. The van der Waals surface area contributed by atoms with Gasteiger partial charge in [-0.3, -0.25) is 0 Å². The highest BCUT2D eigenvalue weighted by Gasteiger charge is 2.32. The maximum Gasteiger partial charge on any atom is 0.410 e. The van der Waals surface area contributed by atoms with E-state index in [2.05, 4.69) is 19.2 Å². The van der Waals surface area contributed by atoms with Crippen molar-refractivity contribution in [2.24, 2.45) is 5.41 Å². The summed E-state index contributed by atoms with van der Waals surface area (Å²) in [6, 6.07) is 0. The molecule has 1 heterocycles. The summed E-state index contributed by atoms with van der Waals surface area (Å²) in [5, 5.41) is 3.38. The maximum atomic E-state index is 12.3. The van der Waals surface area contributed by atoms with Gasteiger partial charge in [-0.05, 0) is 58.5 Å². The molecular formula is C15H30N2O2. The van der Waals surface area contributed by atoms with Crippen molar-refractivity contribution in [3.63, 3.8) is 0 Å². The molecule has 0 aliphatic carbocycles. The van der Waals surface area contributed by atoms with Crippen LogP contribution >= 0.6 is 0 Å². The second-order valence-corrected chi connectivity index (χ2v) is 6.96. The van der Waals surface area contributed by atoms with Crippen LogP contribution in [0.4, 0.5) is 4.79 Å².